The summed E-state index contributed by atoms with van der Waals surface area (Å²) in [7, 11) is 0. The highest BCUT2D eigenvalue weighted by atomic mass is 16.2. The number of hydrogen-bond donors (Lipinski definition) is 1. The Labute approximate surface area is 274 Å². The van der Waals surface area contributed by atoms with E-state index in [4.69, 9.17) is 5.11 Å². The lowest BCUT2D eigenvalue weighted by Gasteiger charge is -2.32. The van der Waals surface area contributed by atoms with Gasteiger partial charge in [-0.1, -0.05) is 135 Å². The summed E-state index contributed by atoms with van der Waals surface area (Å²) in [5.41, 5.74) is 8.82. The SMILES string of the molecule is CC1=C(/C=C/C(C)=C/C=C/C(C)=C/C=C/C=C(C)/C=C/C=C(C)/C=C/C2=C(C)C(=O)CCC2(C)C)C(C)(C)CCC1=O.CCO. The van der Waals surface area contributed by atoms with Gasteiger partial charge < -0.3 is 5.11 Å². The Bertz CT molecular complexity index is 1290. The van der Waals surface area contributed by atoms with Crippen LogP contribution in [0.25, 0.3) is 0 Å². The molecule has 0 saturated carbocycles. The van der Waals surface area contributed by atoms with Crippen LogP contribution in [0.15, 0.2) is 130 Å². The molecule has 0 unspecified atom stereocenters. The molecule has 0 radical (unpaired) electrons. The number of hydrogen-bond acceptors (Lipinski definition) is 3. The molecule has 3 heteroatoms. The van der Waals surface area contributed by atoms with Crippen LogP contribution in [-0.4, -0.2) is 23.3 Å². The monoisotopic (exact) mass is 610 g/mol. The molecule has 1 N–H and O–H groups in total. The topological polar surface area (TPSA) is 54.4 Å². The molecule has 0 fully saturated rings. The van der Waals surface area contributed by atoms with Gasteiger partial charge in [-0.05, 0) is 94.4 Å². The molecule has 45 heavy (non-hydrogen) atoms. The van der Waals surface area contributed by atoms with Gasteiger partial charge in [-0.15, -0.1) is 0 Å². The van der Waals surface area contributed by atoms with Crippen molar-refractivity contribution in [2.24, 2.45) is 10.8 Å². The second kappa shape index (κ2) is 19.1. The number of aliphatic hydroxyl groups excluding tert-OH is 1. The maximum Gasteiger partial charge on any atom is 0.158 e. The standard InChI is InChI=1S/C40H52O2.C2H6O/c1-29(17-13-19-31(3)21-23-35-33(5)37(41)25-27-39(35,7)8)15-11-12-16-30(2)18-14-20-32(4)22-24-36-34(6)38(42)26-28-40(36,9)10;1-2-3/h11-24H,25-28H2,1-10H3;3H,2H2,1H3/b12-11+,17-13+,18-14+,23-21+,24-22+,29-15+,30-16+,31-19+,32-20+;. The normalized spacial score (nSPS) is 20.5. The van der Waals surface area contributed by atoms with Crippen molar-refractivity contribution in [1.82, 2.24) is 0 Å². The Morgan fingerprint density at radius 3 is 1.22 bits per heavy atom. The molecular weight excluding hydrogens is 552 g/mol. The van der Waals surface area contributed by atoms with Crippen molar-refractivity contribution in [3.63, 3.8) is 0 Å². The van der Waals surface area contributed by atoms with Gasteiger partial charge in [-0.2, -0.15) is 0 Å². The number of ketones is 2. The van der Waals surface area contributed by atoms with E-state index in [-0.39, 0.29) is 29.0 Å². The highest BCUT2D eigenvalue weighted by molar-refractivity contribution is 5.97. The van der Waals surface area contributed by atoms with Gasteiger partial charge in [0.2, 0.25) is 0 Å². The predicted octanol–water partition coefficient (Wildman–Crippen LogP) is 11.0. The molecule has 0 aromatic carbocycles. The smallest absolute Gasteiger partial charge is 0.158 e. The van der Waals surface area contributed by atoms with Crippen LogP contribution in [0.2, 0.25) is 0 Å². The lowest BCUT2D eigenvalue weighted by Crippen LogP contribution is -2.24. The van der Waals surface area contributed by atoms with E-state index in [9.17, 15) is 9.59 Å². The minimum atomic E-state index is 0.0404. The van der Waals surface area contributed by atoms with Crippen molar-refractivity contribution in [2.45, 2.75) is 102 Å². The van der Waals surface area contributed by atoms with Gasteiger partial charge in [0.25, 0.3) is 0 Å². The lowest BCUT2D eigenvalue weighted by molar-refractivity contribution is -0.117. The van der Waals surface area contributed by atoms with Crippen LogP contribution in [0.5, 0.6) is 0 Å². The first-order valence-corrected chi connectivity index (χ1v) is 16.2. The Morgan fingerprint density at radius 2 is 0.889 bits per heavy atom. The van der Waals surface area contributed by atoms with E-state index in [1.807, 2.05) is 13.8 Å². The number of rotatable bonds is 10. The van der Waals surface area contributed by atoms with Gasteiger partial charge in [-0.25, -0.2) is 0 Å². The third kappa shape index (κ3) is 14.0. The second-order valence-electron chi connectivity index (χ2n) is 13.4. The van der Waals surface area contributed by atoms with Crippen molar-refractivity contribution in [1.29, 1.82) is 0 Å². The molecule has 0 aromatic heterocycles. The molecule has 0 saturated heterocycles. The highest BCUT2D eigenvalue weighted by Gasteiger charge is 2.31. The van der Waals surface area contributed by atoms with Crippen molar-refractivity contribution in [2.75, 3.05) is 6.61 Å². The molecule has 244 valence electrons. The van der Waals surface area contributed by atoms with Crippen molar-refractivity contribution in [3.8, 4) is 0 Å². The summed E-state index contributed by atoms with van der Waals surface area (Å²) >= 11 is 0. The lowest BCUT2D eigenvalue weighted by atomic mass is 9.72. The Hall–Kier alpha value is -3.56. The molecule has 0 aliphatic heterocycles. The van der Waals surface area contributed by atoms with Crippen LogP contribution in [0.4, 0.5) is 0 Å². The fraction of sp³-hybridized carbons (Fsp3) is 0.429. The number of carbonyl (C=O) groups excluding carboxylic acids is 2. The maximum absolute atomic E-state index is 12.2. The summed E-state index contributed by atoms with van der Waals surface area (Å²) in [4.78, 5) is 24.3. The predicted molar refractivity (Wildman–Crippen MR) is 195 cm³/mol. The van der Waals surface area contributed by atoms with Gasteiger partial charge in [0, 0.05) is 19.4 Å². The quantitative estimate of drug-likeness (QED) is 0.250. The van der Waals surface area contributed by atoms with Crippen LogP contribution in [0.1, 0.15) is 102 Å². The second-order valence-corrected chi connectivity index (χ2v) is 13.4. The summed E-state index contributed by atoms with van der Waals surface area (Å²) in [5, 5.41) is 7.57. The van der Waals surface area contributed by atoms with Crippen LogP contribution >= 0.6 is 0 Å². The summed E-state index contributed by atoms with van der Waals surface area (Å²) in [6, 6.07) is 0. The van der Waals surface area contributed by atoms with E-state index in [1.54, 1.807) is 6.92 Å². The third-order valence-corrected chi connectivity index (χ3v) is 8.35. The number of Topliss-reactive ketones (excluding diaryl/α,β-unsaturated/α-hetero) is 2. The van der Waals surface area contributed by atoms with Crippen molar-refractivity contribution >= 4 is 11.6 Å². The van der Waals surface area contributed by atoms with E-state index in [1.165, 1.54) is 0 Å². The van der Waals surface area contributed by atoms with Gasteiger partial charge in [0.05, 0.1) is 0 Å². The van der Waals surface area contributed by atoms with Crippen LogP contribution in [0.3, 0.4) is 0 Å². The Balaban J connectivity index is 0.00000324. The van der Waals surface area contributed by atoms with Crippen LogP contribution < -0.4 is 0 Å². The van der Waals surface area contributed by atoms with E-state index in [0.29, 0.717) is 12.8 Å². The maximum atomic E-state index is 12.2. The summed E-state index contributed by atoms with van der Waals surface area (Å²) in [5.74, 6) is 0.542. The molecule has 0 amide bonds. The summed E-state index contributed by atoms with van der Waals surface area (Å²) < 4.78 is 0. The molecule has 3 nitrogen and oxygen atoms in total. The zero-order valence-electron chi connectivity index (χ0n) is 29.9. The zero-order chi connectivity index (χ0) is 34.2. The molecule has 2 aliphatic rings. The molecule has 0 bridgehead atoms. The zero-order valence-corrected chi connectivity index (χ0v) is 29.9. The number of aliphatic hydroxyl groups is 1. The largest absolute Gasteiger partial charge is 0.397 e. The van der Waals surface area contributed by atoms with E-state index < -0.39 is 0 Å². The van der Waals surface area contributed by atoms with Crippen LogP contribution in [0, 0.1) is 10.8 Å². The average molecular weight is 611 g/mol. The molecule has 0 atom stereocenters. The molecule has 2 aliphatic carbocycles. The van der Waals surface area contributed by atoms with Gasteiger partial charge in [0.15, 0.2) is 11.6 Å². The van der Waals surface area contributed by atoms with Crippen molar-refractivity contribution in [3.05, 3.63) is 130 Å². The van der Waals surface area contributed by atoms with E-state index in [2.05, 4.69) is 140 Å². The first-order chi connectivity index (χ1) is 21.0. The molecule has 2 rings (SSSR count). The molecule has 0 heterocycles. The average Bonchev–Trinajstić information content (AvgIpc) is 2.95. The van der Waals surface area contributed by atoms with E-state index in [0.717, 1.165) is 57.4 Å². The Morgan fingerprint density at radius 1 is 0.600 bits per heavy atom. The van der Waals surface area contributed by atoms with Gasteiger partial charge >= 0.3 is 0 Å². The van der Waals surface area contributed by atoms with Gasteiger partial charge in [0.1, 0.15) is 0 Å². The molecule has 0 aromatic rings. The fourth-order valence-electron chi connectivity index (χ4n) is 5.28. The minimum absolute atomic E-state index is 0.0404. The Kier molecular flexibility index (Phi) is 16.7. The molecule has 0 spiro atoms. The van der Waals surface area contributed by atoms with E-state index >= 15 is 0 Å². The third-order valence-electron chi connectivity index (χ3n) is 8.35. The van der Waals surface area contributed by atoms with Crippen LogP contribution in [-0.2, 0) is 9.59 Å². The highest BCUT2D eigenvalue weighted by Crippen LogP contribution is 2.40. The van der Waals surface area contributed by atoms with Gasteiger partial charge in [-0.3, -0.25) is 9.59 Å². The van der Waals surface area contributed by atoms with Crippen molar-refractivity contribution < 1.29 is 14.7 Å². The number of carbonyl (C=O) groups is 2. The first kappa shape index (κ1) is 39.5. The summed E-state index contributed by atoms with van der Waals surface area (Å²) in [6.45, 7) is 23.1. The first-order valence-electron chi connectivity index (χ1n) is 16.2. The summed E-state index contributed by atoms with van der Waals surface area (Å²) in [6.07, 6.45) is 32.4. The number of allylic oxidation sites excluding steroid dienone is 22. The molecular formula is C42H58O3. The minimum Gasteiger partial charge on any atom is -0.397 e. The fourth-order valence-corrected chi connectivity index (χ4v) is 5.28.